The maximum absolute atomic E-state index is 13.3. The van der Waals surface area contributed by atoms with E-state index in [-0.39, 0.29) is 12.2 Å². The minimum absolute atomic E-state index is 0.190. The van der Waals surface area contributed by atoms with Crippen molar-refractivity contribution in [2.24, 2.45) is 5.84 Å². The molecule has 0 aliphatic heterocycles. The van der Waals surface area contributed by atoms with E-state index in [1.54, 1.807) is 25.2 Å². The Bertz CT molecular complexity index is 373. The maximum Gasteiger partial charge on any atom is 0.327 e. The van der Waals surface area contributed by atoms with Crippen molar-refractivity contribution in [2.75, 3.05) is 13.6 Å². The highest BCUT2D eigenvalue weighted by atomic mass is 19.1. The molecule has 0 saturated heterocycles. The molecular formula is C11H16FN3O2. The van der Waals surface area contributed by atoms with Gasteiger partial charge in [-0.2, -0.15) is 0 Å². The number of hydrazine groups is 1. The normalized spacial score (nSPS) is 10.6. The number of hydrogen-bond acceptors (Lipinski definition) is 5. The van der Waals surface area contributed by atoms with Gasteiger partial charge in [0.1, 0.15) is 5.82 Å². The van der Waals surface area contributed by atoms with Crippen LogP contribution in [0.2, 0.25) is 0 Å². The Hall–Kier alpha value is -1.50. The molecule has 1 aromatic rings. The molecule has 0 aliphatic carbocycles. The Balaban J connectivity index is 2.37. The van der Waals surface area contributed by atoms with E-state index in [0.29, 0.717) is 18.7 Å². The Labute approximate surface area is 99.3 Å². The van der Waals surface area contributed by atoms with E-state index in [4.69, 9.17) is 5.84 Å². The summed E-state index contributed by atoms with van der Waals surface area (Å²) in [5, 5.41) is 0. The highest BCUT2D eigenvalue weighted by molar-refractivity contribution is 5.69. The zero-order chi connectivity index (χ0) is 12.7. The first-order valence-electron chi connectivity index (χ1n) is 5.20. The molecule has 0 heterocycles. The van der Waals surface area contributed by atoms with Gasteiger partial charge in [0.25, 0.3) is 0 Å². The molecule has 3 N–H and O–H groups in total. The third-order valence-electron chi connectivity index (χ3n) is 2.27. The zero-order valence-corrected chi connectivity index (χ0v) is 9.65. The van der Waals surface area contributed by atoms with Crippen molar-refractivity contribution in [3.05, 3.63) is 35.6 Å². The van der Waals surface area contributed by atoms with Crippen molar-refractivity contribution in [1.29, 1.82) is 0 Å². The van der Waals surface area contributed by atoms with Gasteiger partial charge in [-0.1, -0.05) is 23.8 Å². The third kappa shape index (κ3) is 4.90. The van der Waals surface area contributed by atoms with Gasteiger partial charge in [-0.25, -0.2) is 10.2 Å². The van der Waals surface area contributed by atoms with Gasteiger partial charge in [0.2, 0.25) is 0 Å². The second-order valence-electron chi connectivity index (χ2n) is 3.67. The van der Waals surface area contributed by atoms with Crippen LogP contribution in [0.5, 0.6) is 0 Å². The smallest absolute Gasteiger partial charge is 0.327 e. The maximum atomic E-state index is 13.3. The predicted molar refractivity (Wildman–Crippen MR) is 60.8 cm³/mol. The van der Waals surface area contributed by atoms with E-state index in [2.05, 4.69) is 4.84 Å². The van der Waals surface area contributed by atoms with Crippen LogP contribution in [-0.2, 0) is 16.2 Å². The molecule has 1 rings (SSSR count). The molecule has 94 valence electrons. The summed E-state index contributed by atoms with van der Waals surface area (Å²) < 4.78 is 13.3. The molecule has 17 heavy (non-hydrogen) atoms. The Morgan fingerprint density at radius 3 is 2.88 bits per heavy atom. The van der Waals surface area contributed by atoms with Gasteiger partial charge in [-0.15, -0.1) is 0 Å². The van der Waals surface area contributed by atoms with E-state index < -0.39 is 5.97 Å². The number of nitrogens with two attached hydrogens (primary N) is 1. The Morgan fingerprint density at radius 1 is 1.53 bits per heavy atom. The first-order chi connectivity index (χ1) is 8.13. The third-order valence-corrected chi connectivity index (χ3v) is 2.27. The lowest BCUT2D eigenvalue weighted by atomic mass is 10.2. The molecule has 0 bridgehead atoms. The van der Waals surface area contributed by atoms with Gasteiger partial charge >= 0.3 is 5.97 Å². The number of benzene rings is 1. The van der Waals surface area contributed by atoms with Crippen LogP contribution < -0.4 is 11.4 Å². The van der Waals surface area contributed by atoms with Gasteiger partial charge in [-0.05, 0) is 13.1 Å². The molecule has 0 spiro atoms. The number of nitrogens with one attached hydrogen (secondary N) is 1. The number of rotatable bonds is 6. The van der Waals surface area contributed by atoms with Crippen molar-refractivity contribution in [3.63, 3.8) is 0 Å². The second-order valence-corrected chi connectivity index (χ2v) is 3.67. The summed E-state index contributed by atoms with van der Waals surface area (Å²) in [5.41, 5.74) is 2.42. The number of nitrogens with zero attached hydrogens (tertiary/aromatic N) is 1. The molecule has 1 aromatic carbocycles. The van der Waals surface area contributed by atoms with E-state index in [1.165, 1.54) is 6.07 Å². The van der Waals surface area contributed by atoms with Crippen LogP contribution in [0.25, 0.3) is 0 Å². The number of hydrogen-bond donors (Lipinski definition) is 2. The van der Waals surface area contributed by atoms with Crippen LogP contribution in [0.15, 0.2) is 24.3 Å². The van der Waals surface area contributed by atoms with Crippen LogP contribution in [0.1, 0.15) is 12.0 Å². The average Bonchev–Trinajstić information content (AvgIpc) is 2.30. The minimum Gasteiger partial charge on any atom is -0.356 e. The summed E-state index contributed by atoms with van der Waals surface area (Å²) in [6, 6.07) is 6.54. The quantitative estimate of drug-likeness (QED) is 0.563. The fourth-order valence-corrected chi connectivity index (χ4v) is 1.40. The van der Waals surface area contributed by atoms with E-state index in [1.807, 2.05) is 10.5 Å². The molecule has 0 radical (unpaired) electrons. The van der Waals surface area contributed by atoms with Crippen LogP contribution in [0.4, 0.5) is 4.39 Å². The first kappa shape index (κ1) is 13.6. The summed E-state index contributed by atoms with van der Waals surface area (Å²) in [7, 11) is 1.80. The molecule has 0 unspecified atom stereocenters. The van der Waals surface area contributed by atoms with Crippen molar-refractivity contribution in [3.8, 4) is 0 Å². The summed E-state index contributed by atoms with van der Waals surface area (Å²) in [4.78, 5) is 17.2. The van der Waals surface area contributed by atoms with Crippen LogP contribution >= 0.6 is 0 Å². The Morgan fingerprint density at radius 2 is 2.24 bits per heavy atom. The van der Waals surface area contributed by atoms with Gasteiger partial charge in [0.05, 0.1) is 6.42 Å². The van der Waals surface area contributed by atoms with Crippen molar-refractivity contribution in [2.45, 2.75) is 13.0 Å². The van der Waals surface area contributed by atoms with E-state index in [0.717, 1.165) is 0 Å². The fourth-order valence-electron chi connectivity index (χ4n) is 1.40. The molecule has 6 heteroatoms. The predicted octanol–water partition coefficient (Wildman–Crippen LogP) is 0.569. The van der Waals surface area contributed by atoms with Crippen molar-refractivity contribution < 1.29 is 14.0 Å². The van der Waals surface area contributed by atoms with Gasteiger partial charge < -0.3 is 9.74 Å². The van der Waals surface area contributed by atoms with Crippen LogP contribution in [0, 0.1) is 5.82 Å². The van der Waals surface area contributed by atoms with Gasteiger partial charge in [0, 0.05) is 18.7 Å². The molecule has 0 saturated carbocycles. The van der Waals surface area contributed by atoms with Crippen molar-refractivity contribution in [1.82, 2.24) is 10.5 Å². The SMILES string of the molecule is CN(CCC(=O)ONN)Cc1ccccc1F. The summed E-state index contributed by atoms with van der Waals surface area (Å²) in [6.45, 7) is 0.908. The molecular weight excluding hydrogens is 225 g/mol. The van der Waals surface area contributed by atoms with E-state index in [9.17, 15) is 9.18 Å². The summed E-state index contributed by atoms with van der Waals surface area (Å²) >= 11 is 0. The van der Waals surface area contributed by atoms with Crippen LogP contribution in [0.3, 0.4) is 0 Å². The molecule has 0 atom stereocenters. The zero-order valence-electron chi connectivity index (χ0n) is 9.65. The minimum atomic E-state index is -0.451. The molecule has 0 aromatic heterocycles. The van der Waals surface area contributed by atoms with Crippen molar-refractivity contribution >= 4 is 5.97 Å². The lowest BCUT2D eigenvalue weighted by Gasteiger charge is -2.16. The highest BCUT2D eigenvalue weighted by Gasteiger charge is 2.08. The van der Waals surface area contributed by atoms with E-state index >= 15 is 0 Å². The molecule has 5 nitrogen and oxygen atoms in total. The number of carbonyl (C=O) groups is 1. The molecule has 0 aliphatic rings. The first-order valence-corrected chi connectivity index (χ1v) is 5.20. The van der Waals surface area contributed by atoms with Gasteiger partial charge in [-0.3, -0.25) is 4.79 Å². The second kappa shape index (κ2) is 6.95. The monoisotopic (exact) mass is 241 g/mol. The number of carbonyl (C=O) groups excluding carboxylic acids is 1. The molecule has 0 amide bonds. The fraction of sp³-hybridized carbons (Fsp3) is 0.364. The molecule has 0 fully saturated rings. The number of halogens is 1. The Kier molecular flexibility index (Phi) is 5.55. The van der Waals surface area contributed by atoms with Gasteiger partial charge in [0.15, 0.2) is 0 Å². The summed E-state index contributed by atoms with van der Waals surface area (Å²) in [6.07, 6.45) is 0.190. The largest absolute Gasteiger partial charge is 0.356 e. The summed E-state index contributed by atoms with van der Waals surface area (Å²) in [5.74, 6) is 4.13. The topological polar surface area (TPSA) is 67.6 Å². The highest BCUT2D eigenvalue weighted by Crippen LogP contribution is 2.08. The average molecular weight is 241 g/mol. The lowest BCUT2D eigenvalue weighted by molar-refractivity contribution is -0.151. The lowest BCUT2D eigenvalue weighted by Crippen LogP contribution is -2.29. The standard InChI is InChI=1S/C11H16FN3O2/c1-15(7-6-11(16)17-14-13)8-9-4-2-3-5-10(9)12/h2-5,14H,6-8,13H2,1H3. The van der Waals surface area contributed by atoms with Crippen LogP contribution in [-0.4, -0.2) is 24.5 Å².